The average Bonchev–Trinajstić information content (AvgIpc) is 2.58. The Hall–Kier alpha value is -1.51. The van der Waals surface area contributed by atoms with Crippen LogP contribution in [0, 0.1) is 10.1 Å². The topological polar surface area (TPSA) is 122 Å². The quantitative estimate of drug-likeness (QED) is 0.466. The molecule has 0 aromatic heterocycles. The van der Waals surface area contributed by atoms with Gasteiger partial charge >= 0.3 is 7.82 Å². The minimum Gasteiger partial charge on any atom is -0.404 e. The van der Waals surface area contributed by atoms with Gasteiger partial charge in [-0.1, -0.05) is 0 Å². The van der Waals surface area contributed by atoms with Crippen LogP contribution in [-0.2, 0) is 9.09 Å². The molecule has 1 aromatic rings. The van der Waals surface area contributed by atoms with Gasteiger partial charge in [-0.05, 0) is 46.2 Å². The van der Waals surface area contributed by atoms with E-state index in [0.29, 0.717) is 6.42 Å². The van der Waals surface area contributed by atoms with Gasteiger partial charge in [0.1, 0.15) is 5.75 Å². The molecule has 2 rings (SSSR count). The van der Waals surface area contributed by atoms with Gasteiger partial charge in [0.25, 0.3) is 5.69 Å². The zero-order chi connectivity index (χ0) is 18.3. The first-order valence-corrected chi connectivity index (χ1v) is 8.79. The fourth-order valence-corrected chi connectivity index (χ4v) is 3.90. The number of hydrogen-bond acceptors (Lipinski definition) is 7. The standard InChI is InChI=1S/C14H21N2O7P/c1-13(2)9-12(14(3,4)16(13)19)23-24(20,21)22-11-7-5-10(6-8-11)15(17)18/h5-8,12,19H,9H2,1-4H3,(H,20,21). The Morgan fingerprint density at radius 1 is 1.29 bits per heavy atom. The van der Waals surface area contributed by atoms with E-state index in [-0.39, 0.29) is 11.4 Å². The van der Waals surface area contributed by atoms with Crippen LogP contribution < -0.4 is 4.52 Å². The highest BCUT2D eigenvalue weighted by Crippen LogP contribution is 2.51. The van der Waals surface area contributed by atoms with E-state index in [9.17, 15) is 24.8 Å². The van der Waals surface area contributed by atoms with E-state index in [2.05, 4.69) is 0 Å². The van der Waals surface area contributed by atoms with Crippen molar-refractivity contribution < 1.29 is 28.6 Å². The van der Waals surface area contributed by atoms with Gasteiger partial charge in [-0.3, -0.25) is 19.5 Å². The molecule has 10 heteroatoms. The van der Waals surface area contributed by atoms with E-state index in [4.69, 9.17) is 9.05 Å². The van der Waals surface area contributed by atoms with Gasteiger partial charge in [0.15, 0.2) is 0 Å². The molecule has 0 spiro atoms. The minimum atomic E-state index is -4.47. The molecule has 1 heterocycles. The molecule has 2 unspecified atom stereocenters. The molecule has 2 atom stereocenters. The predicted molar refractivity (Wildman–Crippen MR) is 84.8 cm³/mol. The number of hydroxylamine groups is 2. The largest absolute Gasteiger partial charge is 0.527 e. The average molecular weight is 360 g/mol. The lowest BCUT2D eigenvalue weighted by Crippen LogP contribution is -2.48. The number of nitrogens with zero attached hydrogens (tertiary/aromatic N) is 2. The van der Waals surface area contributed by atoms with Gasteiger partial charge in [0.05, 0.1) is 16.6 Å². The first kappa shape index (κ1) is 18.8. The summed E-state index contributed by atoms with van der Waals surface area (Å²) in [6.45, 7) is 6.96. The van der Waals surface area contributed by atoms with E-state index in [1.54, 1.807) is 27.7 Å². The Balaban J connectivity index is 2.11. The number of phosphoric acid groups is 1. The Labute approximate surface area is 139 Å². The third-order valence-electron chi connectivity index (χ3n) is 4.12. The second-order valence-electron chi connectivity index (χ2n) is 6.89. The monoisotopic (exact) mass is 360 g/mol. The van der Waals surface area contributed by atoms with E-state index in [1.807, 2.05) is 0 Å². The number of nitro benzene ring substituents is 1. The van der Waals surface area contributed by atoms with E-state index in [0.717, 1.165) is 17.2 Å². The second kappa shape index (κ2) is 6.09. The summed E-state index contributed by atoms with van der Waals surface area (Å²) in [7, 11) is -4.47. The normalized spacial score (nSPS) is 25.2. The zero-order valence-corrected chi connectivity index (χ0v) is 14.8. The molecule has 0 radical (unpaired) electrons. The highest BCUT2D eigenvalue weighted by atomic mass is 31.2. The number of phosphoric ester groups is 1. The summed E-state index contributed by atoms with van der Waals surface area (Å²) in [6, 6.07) is 4.75. The number of non-ortho nitro benzene ring substituents is 1. The number of nitro groups is 1. The van der Waals surface area contributed by atoms with Gasteiger partial charge in [-0.25, -0.2) is 4.57 Å². The van der Waals surface area contributed by atoms with Crippen molar-refractivity contribution in [3.05, 3.63) is 34.4 Å². The molecule has 9 nitrogen and oxygen atoms in total. The molecule has 134 valence electrons. The van der Waals surface area contributed by atoms with Crippen molar-refractivity contribution in [2.75, 3.05) is 0 Å². The highest BCUT2D eigenvalue weighted by Gasteiger charge is 2.54. The molecule has 1 aliphatic heterocycles. The van der Waals surface area contributed by atoms with E-state index >= 15 is 0 Å². The summed E-state index contributed by atoms with van der Waals surface area (Å²) in [6.07, 6.45) is -0.420. The molecule has 24 heavy (non-hydrogen) atoms. The van der Waals surface area contributed by atoms with Crippen LogP contribution in [0.1, 0.15) is 34.1 Å². The number of benzene rings is 1. The first-order chi connectivity index (χ1) is 10.8. The predicted octanol–water partition coefficient (Wildman–Crippen LogP) is 3.11. The van der Waals surface area contributed by atoms with Gasteiger partial charge in [0, 0.05) is 17.7 Å². The molecule has 0 aliphatic carbocycles. The maximum absolute atomic E-state index is 12.2. The van der Waals surface area contributed by atoms with Crippen LogP contribution in [0.3, 0.4) is 0 Å². The van der Waals surface area contributed by atoms with Gasteiger partial charge in [-0.2, -0.15) is 5.06 Å². The van der Waals surface area contributed by atoms with Crippen molar-refractivity contribution in [2.24, 2.45) is 0 Å². The van der Waals surface area contributed by atoms with Crippen molar-refractivity contribution in [1.82, 2.24) is 5.06 Å². The molecule has 0 saturated carbocycles. The smallest absolute Gasteiger partial charge is 0.404 e. The van der Waals surface area contributed by atoms with Crippen molar-refractivity contribution in [2.45, 2.75) is 51.3 Å². The molecule has 1 fully saturated rings. The van der Waals surface area contributed by atoms with Gasteiger partial charge in [0.2, 0.25) is 0 Å². The SMILES string of the molecule is CC1(C)CC(OP(=O)(O)Oc2ccc([N+](=O)[O-])cc2)C(C)(C)N1O. The van der Waals surface area contributed by atoms with Gasteiger partial charge in [-0.15, -0.1) is 0 Å². The zero-order valence-electron chi connectivity index (χ0n) is 13.9. The molecule has 1 aromatic carbocycles. The molecule has 2 N–H and O–H groups in total. The van der Waals surface area contributed by atoms with Gasteiger partial charge < -0.3 is 9.73 Å². The van der Waals surface area contributed by atoms with Crippen molar-refractivity contribution >= 4 is 13.5 Å². The van der Waals surface area contributed by atoms with Crippen molar-refractivity contribution in [3.8, 4) is 5.75 Å². The van der Waals surface area contributed by atoms with Crippen LogP contribution in [0.15, 0.2) is 24.3 Å². The third kappa shape index (κ3) is 3.76. The highest BCUT2D eigenvalue weighted by molar-refractivity contribution is 7.47. The fourth-order valence-electron chi connectivity index (χ4n) is 2.82. The lowest BCUT2D eigenvalue weighted by molar-refractivity contribution is -0.384. The van der Waals surface area contributed by atoms with Crippen LogP contribution in [-0.4, -0.2) is 37.3 Å². The van der Waals surface area contributed by atoms with Crippen LogP contribution in [0.4, 0.5) is 5.69 Å². The molecular weight excluding hydrogens is 339 g/mol. The van der Waals surface area contributed by atoms with Crippen molar-refractivity contribution in [3.63, 3.8) is 0 Å². The molecule has 0 amide bonds. The number of hydrogen-bond donors (Lipinski definition) is 2. The minimum absolute atomic E-state index is 0.0256. The molecule has 1 aliphatic rings. The summed E-state index contributed by atoms with van der Waals surface area (Å²) < 4.78 is 22.5. The van der Waals surface area contributed by atoms with E-state index < -0.39 is 29.9 Å². The summed E-state index contributed by atoms with van der Waals surface area (Å²) in [5.41, 5.74) is -1.67. The molecule has 0 bridgehead atoms. The maximum Gasteiger partial charge on any atom is 0.527 e. The van der Waals surface area contributed by atoms with Crippen LogP contribution in [0.25, 0.3) is 0 Å². The summed E-state index contributed by atoms with van der Waals surface area (Å²) in [4.78, 5) is 20.0. The summed E-state index contributed by atoms with van der Waals surface area (Å²) >= 11 is 0. The Bertz CT molecular complexity index is 674. The van der Waals surface area contributed by atoms with Crippen LogP contribution in [0.2, 0.25) is 0 Å². The number of rotatable bonds is 5. The Morgan fingerprint density at radius 3 is 2.25 bits per heavy atom. The second-order valence-corrected chi connectivity index (χ2v) is 8.22. The summed E-state index contributed by atoms with van der Waals surface area (Å²) in [5.74, 6) is -0.0256. The van der Waals surface area contributed by atoms with Crippen molar-refractivity contribution in [1.29, 1.82) is 0 Å². The lowest BCUT2D eigenvalue weighted by atomic mass is 9.97. The van der Waals surface area contributed by atoms with E-state index in [1.165, 1.54) is 12.1 Å². The Morgan fingerprint density at radius 2 is 1.83 bits per heavy atom. The Kier molecular flexibility index (Phi) is 4.78. The summed E-state index contributed by atoms with van der Waals surface area (Å²) in [5, 5.41) is 21.9. The maximum atomic E-state index is 12.2. The molecular formula is C14H21N2O7P. The fraction of sp³-hybridized carbons (Fsp3) is 0.571. The first-order valence-electron chi connectivity index (χ1n) is 7.30. The lowest BCUT2D eigenvalue weighted by Gasteiger charge is -2.35. The van der Waals surface area contributed by atoms with Crippen LogP contribution >= 0.6 is 7.82 Å². The van der Waals surface area contributed by atoms with Crippen LogP contribution in [0.5, 0.6) is 5.75 Å². The third-order valence-corrected chi connectivity index (χ3v) is 5.08. The molecule has 1 saturated heterocycles.